The van der Waals surface area contributed by atoms with Crippen LogP contribution >= 0.6 is 0 Å². The smallest absolute Gasteiger partial charge is 0.252 e. The van der Waals surface area contributed by atoms with E-state index in [9.17, 15) is 9.59 Å². The molecular weight excluding hydrogens is 320 g/mol. The largest absolute Gasteiger partial charge is 0.454 e. The van der Waals surface area contributed by atoms with Crippen molar-refractivity contribution < 1.29 is 14.3 Å². The molecule has 1 aliphatic rings. The fraction of sp³-hybridized carbons (Fsp3) is 0.158. The molecule has 0 unspecified atom stereocenters. The van der Waals surface area contributed by atoms with Gasteiger partial charge in [0.1, 0.15) is 0 Å². The topological polar surface area (TPSA) is 80.4 Å². The van der Waals surface area contributed by atoms with Crippen LogP contribution in [0, 0.1) is 0 Å². The van der Waals surface area contributed by atoms with E-state index < -0.39 is 0 Å². The molecule has 1 aromatic heterocycles. The minimum absolute atomic E-state index is 0.207. The Labute approximate surface area is 143 Å². The third-order valence-corrected chi connectivity index (χ3v) is 4.24. The van der Waals surface area contributed by atoms with Crippen LogP contribution in [-0.2, 0) is 0 Å². The second-order valence-corrected chi connectivity index (χ2v) is 5.90. The Morgan fingerprint density at radius 1 is 1.12 bits per heavy atom. The lowest BCUT2D eigenvalue weighted by molar-refractivity contribution is 0.0941. The first-order chi connectivity index (χ1) is 12.1. The highest BCUT2D eigenvalue weighted by molar-refractivity contribution is 6.06. The molecule has 2 aromatic carbocycles. The molecule has 1 aliphatic heterocycles. The van der Waals surface area contributed by atoms with Crippen molar-refractivity contribution in [1.29, 1.82) is 0 Å². The Balaban J connectivity index is 1.63. The number of H-pyrrole nitrogens is 1. The molecule has 0 saturated heterocycles. The monoisotopic (exact) mass is 336 g/mol. The third kappa shape index (κ3) is 2.82. The lowest BCUT2D eigenvalue weighted by atomic mass is 10.1. The second kappa shape index (κ2) is 5.98. The predicted molar refractivity (Wildman–Crippen MR) is 93.0 cm³/mol. The summed E-state index contributed by atoms with van der Waals surface area (Å²) in [5.74, 6) is 1.07. The Hall–Kier alpha value is -3.28. The van der Waals surface area contributed by atoms with Crippen LogP contribution in [0.1, 0.15) is 28.9 Å². The summed E-state index contributed by atoms with van der Waals surface area (Å²) in [4.78, 5) is 27.3. The summed E-state index contributed by atoms with van der Waals surface area (Å²) in [5.41, 5.74) is 1.58. The van der Waals surface area contributed by atoms with E-state index in [0.29, 0.717) is 28.0 Å². The number of nitrogens with one attached hydrogen (secondary N) is 2. The minimum atomic E-state index is -0.306. The van der Waals surface area contributed by atoms with Gasteiger partial charge in [-0.2, -0.15) is 0 Å². The number of fused-ring (bicyclic) bond motifs is 2. The van der Waals surface area contributed by atoms with E-state index in [1.165, 1.54) is 6.07 Å². The molecule has 126 valence electrons. The van der Waals surface area contributed by atoms with Crippen molar-refractivity contribution in [2.24, 2.45) is 0 Å². The van der Waals surface area contributed by atoms with Crippen LogP contribution in [0.15, 0.2) is 53.3 Å². The quantitative estimate of drug-likeness (QED) is 0.771. The van der Waals surface area contributed by atoms with Gasteiger partial charge in [0.25, 0.3) is 5.91 Å². The van der Waals surface area contributed by atoms with Crippen molar-refractivity contribution in [3.8, 4) is 11.5 Å². The van der Waals surface area contributed by atoms with Gasteiger partial charge in [0, 0.05) is 17.0 Å². The summed E-state index contributed by atoms with van der Waals surface area (Å²) in [7, 11) is 0. The molecule has 2 N–H and O–H groups in total. The summed E-state index contributed by atoms with van der Waals surface area (Å²) < 4.78 is 10.7. The van der Waals surface area contributed by atoms with Crippen LogP contribution in [-0.4, -0.2) is 17.7 Å². The normalized spacial score (nSPS) is 13.6. The van der Waals surface area contributed by atoms with Gasteiger partial charge in [0.15, 0.2) is 11.5 Å². The molecule has 0 saturated carbocycles. The van der Waals surface area contributed by atoms with Gasteiger partial charge in [-0.3, -0.25) is 9.59 Å². The van der Waals surface area contributed by atoms with E-state index in [-0.39, 0.29) is 24.3 Å². The van der Waals surface area contributed by atoms with Gasteiger partial charge < -0.3 is 19.8 Å². The maximum atomic E-state index is 12.7. The van der Waals surface area contributed by atoms with Crippen LogP contribution in [0.3, 0.4) is 0 Å². The Bertz CT molecular complexity index is 1030. The molecule has 6 nitrogen and oxygen atoms in total. The number of hydrogen-bond acceptors (Lipinski definition) is 4. The predicted octanol–water partition coefficient (Wildman–Crippen LogP) is 2.75. The maximum Gasteiger partial charge on any atom is 0.252 e. The highest BCUT2D eigenvalue weighted by Gasteiger charge is 2.18. The highest BCUT2D eigenvalue weighted by atomic mass is 16.7. The van der Waals surface area contributed by atoms with Crippen molar-refractivity contribution in [3.05, 3.63) is 70.0 Å². The van der Waals surface area contributed by atoms with E-state index in [1.54, 1.807) is 6.07 Å². The zero-order chi connectivity index (χ0) is 17.4. The lowest BCUT2D eigenvalue weighted by Crippen LogP contribution is -2.28. The maximum absolute atomic E-state index is 12.7. The highest BCUT2D eigenvalue weighted by Crippen LogP contribution is 2.34. The zero-order valence-electron chi connectivity index (χ0n) is 13.5. The number of amides is 1. The van der Waals surface area contributed by atoms with E-state index >= 15 is 0 Å². The lowest BCUT2D eigenvalue weighted by Gasteiger charge is -2.15. The first kappa shape index (κ1) is 15.3. The molecule has 1 amide bonds. The molecule has 0 aliphatic carbocycles. The molecule has 1 atom stereocenters. The number of aromatic amines is 1. The molecule has 4 rings (SSSR count). The van der Waals surface area contributed by atoms with Crippen LogP contribution < -0.4 is 20.3 Å². The molecule has 0 radical (unpaired) electrons. The summed E-state index contributed by atoms with van der Waals surface area (Å²) in [6.07, 6.45) is 0. The van der Waals surface area contributed by atoms with Gasteiger partial charge in [0.05, 0.1) is 11.6 Å². The second-order valence-electron chi connectivity index (χ2n) is 5.90. The molecule has 3 aromatic rings. The third-order valence-electron chi connectivity index (χ3n) is 4.24. The zero-order valence-corrected chi connectivity index (χ0v) is 13.5. The molecule has 0 spiro atoms. The van der Waals surface area contributed by atoms with E-state index in [4.69, 9.17) is 9.47 Å². The first-order valence-corrected chi connectivity index (χ1v) is 7.94. The van der Waals surface area contributed by atoms with Gasteiger partial charge in [-0.25, -0.2) is 0 Å². The fourth-order valence-corrected chi connectivity index (χ4v) is 2.93. The molecule has 2 heterocycles. The number of benzene rings is 2. The van der Waals surface area contributed by atoms with E-state index in [2.05, 4.69) is 10.3 Å². The van der Waals surface area contributed by atoms with Crippen molar-refractivity contribution in [1.82, 2.24) is 10.3 Å². The summed E-state index contributed by atoms with van der Waals surface area (Å²) in [6.45, 7) is 2.09. The van der Waals surface area contributed by atoms with Gasteiger partial charge in [-0.15, -0.1) is 0 Å². The van der Waals surface area contributed by atoms with E-state index in [0.717, 1.165) is 5.56 Å². The van der Waals surface area contributed by atoms with Crippen molar-refractivity contribution in [2.45, 2.75) is 13.0 Å². The standard InChI is InChI=1S/C19H16N2O4/c1-11(12-6-7-16-17(8-12)25-10-24-16)20-19(23)14-9-18(22)21-15-5-3-2-4-13(14)15/h2-9,11H,10H2,1H3,(H,20,23)(H,21,22)/t11-/m0/s1. The number of carbonyl (C=O) groups excluding carboxylic acids is 1. The Kier molecular flexibility index (Phi) is 3.65. The number of aromatic nitrogens is 1. The summed E-state index contributed by atoms with van der Waals surface area (Å²) >= 11 is 0. The van der Waals surface area contributed by atoms with Crippen molar-refractivity contribution in [3.63, 3.8) is 0 Å². The number of pyridine rings is 1. The number of ether oxygens (including phenoxy) is 2. The fourth-order valence-electron chi connectivity index (χ4n) is 2.93. The molecule has 6 heteroatoms. The average molecular weight is 336 g/mol. The number of para-hydroxylation sites is 1. The van der Waals surface area contributed by atoms with Crippen molar-refractivity contribution >= 4 is 16.8 Å². The number of carbonyl (C=O) groups is 1. The van der Waals surface area contributed by atoms with Crippen molar-refractivity contribution in [2.75, 3.05) is 6.79 Å². The average Bonchev–Trinajstić information content (AvgIpc) is 3.08. The van der Waals surface area contributed by atoms with E-state index in [1.807, 2.05) is 43.3 Å². The SMILES string of the molecule is C[C@H](NC(=O)c1cc(=O)[nH]c2ccccc12)c1ccc2c(c1)OCO2. The summed E-state index contributed by atoms with van der Waals surface area (Å²) in [5, 5.41) is 3.64. The molecule has 0 fully saturated rings. The Morgan fingerprint density at radius 2 is 1.92 bits per heavy atom. The number of hydrogen-bond donors (Lipinski definition) is 2. The number of rotatable bonds is 3. The van der Waals surface area contributed by atoms with Crippen LogP contribution in [0.4, 0.5) is 0 Å². The summed E-state index contributed by atoms with van der Waals surface area (Å²) in [6, 6.07) is 13.9. The van der Waals surface area contributed by atoms with Crippen LogP contribution in [0.5, 0.6) is 11.5 Å². The van der Waals surface area contributed by atoms with Gasteiger partial charge in [-0.1, -0.05) is 24.3 Å². The minimum Gasteiger partial charge on any atom is -0.454 e. The van der Waals surface area contributed by atoms with Gasteiger partial charge in [0.2, 0.25) is 12.4 Å². The molecule has 25 heavy (non-hydrogen) atoms. The van der Waals surface area contributed by atoms with Crippen LogP contribution in [0.2, 0.25) is 0 Å². The van der Waals surface area contributed by atoms with Gasteiger partial charge in [-0.05, 0) is 30.7 Å². The van der Waals surface area contributed by atoms with Gasteiger partial charge >= 0.3 is 0 Å². The Morgan fingerprint density at radius 3 is 2.80 bits per heavy atom. The molecule has 0 bridgehead atoms. The molecular formula is C19H16N2O4. The first-order valence-electron chi connectivity index (χ1n) is 7.94. The van der Waals surface area contributed by atoms with Crippen LogP contribution in [0.25, 0.3) is 10.9 Å².